The van der Waals surface area contributed by atoms with Crippen molar-refractivity contribution >= 4 is 5.91 Å². The van der Waals surface area contributed by atoms with E-state index in [-0.39, 0.29) is 5.91 Å². The van der Waals surface area contributed by atoms with Gasteiger partial charge in [-0.3, -0.25) is 4.79 Å². The van der Waals surface area contributed by atoms with Gasteiger partial charge >= 0.3 is 0 Å². The quantitative estimate of drug-likeness (QED) is 0.844. The fourth-order valence-corrected chi connectivity index (χ4v) is 1.73. The summed E-state index contributed by atoms with van der Waals surface area (Å²) in [5.41, 5.74) is 6.76. The minimum Gasteiger partial charge on any atom is -0.347 e. The van der Waals surface area contributed by atoms with Gasteiger partial charge in [-0.1, -0.05) is 30.3 Å². The van der Waals surface area contributed by atoms with Crippen molar-refractivity contribution in [2.45, 2.75) is 12.6 Å². The highest BCUT2D eigenvalue weighted by molar-refractivity contribution is 5.82. The first-order chi connectivity index (χ1) is 8.68. The summed E-state index contributed by atoms with van der Waals surface area (Å²) in [5, 5.41) is 0. The van der Waals surface area contributed by atoms with Gasteiger partial charge in [-0.15, -0.1) is 0 Å². The van der Waals surface area contributed by atoms with Gasteiger partial charge < -0.3 is 15.6 Å². The normalized spacial score (nSPS) is 12.1. The number of hydrogen-bond acceptors (Lipinski definition) is 3. The Morgan fingerprint density at radius 1 is 1.44 bits per heavy atom. The fourth-order valence-electron chi connectivity index (χ4n) is 1.73. The van der Waals surface area contributed by atoms with Gasteiger partial charge in [-0.25, -0.2) is 4.98 Å². The van der Waals surface area contributed by atoms with Crippen molar-refractivity contribution in [2.75, 3.05) is 7.05 Å². The third-order valence-electron chi connectivity index (χ3n) is 2.74. The van der Waals surface area contributed by atoms with Crippen LogP contribution in [0, 0.1) is 0 Å². The molecular weight excluding hydrogens is 228 g/mol. The van der Waals surface area contributed by atoms with E-state index >= 15 is 0 Å². The molecule has 5 heteroatoms. The van der Waals surface area contributed by atoms with Gasteiger partial charge in [0.15, 0.2) is 0 Å². The van der Waals surface area contributed by atoms with Crippen LogP contribution in [0.5, 0.6) is 0 Å². The zero-order valence-electron chi connectivity index (χ0n) is 10.2. The van der Waals surface area contributed by atoms with E-state index in [2.05, 4.69) is 9.97 Å². The van der Waals surface area contributed by atoms with E-state index in [4.69, 9.17) is 5.73 Å². The molecule has 0 aliphatic carbocycles. The molecule has 0 spiro atoms. The van der Waals surface area contributed by atoms with Gasteiger partial charge in [-0.05, 0) is 5.56 Å². The molecule has 1 aromatic heterocycles. The number of aromatic nitrogens is 2. The molecule has 1 atom stereocenters. The maximum absolute atomic E-state index is 12.1. The molecular formula is C13H16N4O. The number of hydrogen-bond donors (Lipinski definition) is 2. The number of carbonyl (C=O) groups excluding carboxylic acids is 1. The first-order valence-electron chi connectivity index (χ1n) is 5.72. The molecule has 94 valence electrons. The number of rotatable bonds is 4. The second kappa shape index (κ2) is 5.46. The van der Waals surface area contributed by atoms with Gasteiger partial charge in [0.05, 0.1) is 6.54 Å². The molecule has 0 saturated heterocycles. The minimum absolute atomic E-state index is 0.127. The van der Waals surface area contributed by atoms with Crippen LogP contribution < -0.4 is 5.73 Å². The van der Waals surface area contributed by atoms with Crippen molar-refractivity contribution in [2.24, 2.45) is 5.73 Å². The number of H-pyrrole nitrogens is 1. The SMILES string of the molecule is CN(Cc1ncc[nH]1)C(=O)[C@H](N)c1ccccc1. The van der Waals surface area contributed by atoms with Crippen molar-refractivity contribution in [3.63, 3.8) is 0 Å². The van der Waals surface area contributed by atoms with Gasteiger partial charge in [0, 0.05) is 19.4 Å². The summed E-state index contributed by atoms with van der Waals surface area (Å²) >= 11 is 0. The van der Waals surface area contributed by atoms with E-state index < -0.39 is 6.04 Å². The van der Waals surface area contributed by atoms with Gasteiger partial charge in [0.1, 0.15) is 11.9 Å². The molecule has 1 amide bonds. The molecule has 0 unspecified atom stereocenters. The van der Waals surface area contributed by atoms with Gasteiger partial charge in [0.2, 0.25) is 5.91 Å². The highest BCUT2D eigenvalue weighted by atomic mass is 16.2. The van der Waals surface area contributed by atoms with Crippen molar-refractivity contribution < 1.29 is 4.79 Å². The molecule has 0 saturated carbocycles. The van der Waals surface area contributed by atoms with Crippen molar-refractivity contribution in [1.29, 1.82) is 0 Å². The van der Waals surface area contributed by atoms with E-state index in [1.165, 1.54) is 0 Å². The maximum Gasteiger partial charge on any atom is 0.244 e. The zero-order valence-corrected chi connectivity index (χ0v) is 10.2. The lowest BCUT2D eigenvalue weighted by Crippen LogP contribution is -2.35. The van der Waals surface area contributed by atoms with Crippen LogP contribution in [0.15, 0.2) is 42.7 Å². The molecule has 0 fully saturated rings. The number of aromatic amines is 1. The van der Waals surface area contributed by atoms with Gasteiger partial charge in [0.25, 0.3) is 0 Å². The Balaban J connectivity index is 2.02. The van der Waals surface area contributed by atoms with Crippen LogP contribution in [0.1, 0.15) is 17.4 Å². The standard InChI is InChI=1S/C13H16N4O/c1-17(9-11-15-7-8-16-11)13(18)12(14)10-5-3-2-4-6-10/h2-8,12H,9,14H2,1H3,(H,15,16)/t12-/m1/s1. The average Bonchev–Trinajstić information content (AvgIpc) is 2.91. The molecule has 1 aromatic carbocycles. The summed E-state index contributed by atoms with van der Waals surface area (Å²) in [7, 11) is 1.72. The zero-order chi connectivity index (χ0) is 13.0. The van der Waals surface area contributed by atoms with E-state index in [0.717, 1.165) is 11.4 Å². The van der Waals surface area contributed by atoms with Crippen LogP contribution >= 0.6 is 0 Å². The summed E-state index contributed by atoms with van der Waals surface area (Å²) in [6.45, 7) is 0.423. The van der Waals surface area contributed by atoms with Crippen molar-refractivity contribution in [3.05, 3.63) is 54.1 Å². The Bertz CT molecular complexity index is 495. The number of nitrogens with zero attached hydrogens (tertiary/aromatic N) is 2. The van der Waals surface area contributed by atoms with Crippen molar-refractivity contribution in [1.82, 2.24) is 14.9 Å². The Labute approximate surface area is 106 Å². The lowest BCUT2D eigenvalue weighted by atomic mass is 10.1. The third-order valence-corrected chi connectivity index (χ3v) is 2.74. The van der Waals surface area contributed by atoms with E-state index in [1.807, 2.05) is 30.3 Å². The van der Waals surface area contributed by atoms with Gasteiger partial charge in [-0.2, -0.15) is 0 Å². The van der Waals surface area contributed by atoms with E-state index in [9.17, 15) is 4.79 Å². The van der Waals surface area contributed by atoms with E-state index in [1.54, 1.807) is 24.3 Å². The highest BCUT2D eigenvalue weighted by Gasteiger charge is 2.20. The lowest BCUT2D eigenvalue weighted by Gasteiger charge is -2.20. The van der Waals surface area contributed by atoms with Crippen LogP contribution in [0.4, 0.5) is 0 Å². The largest absolute Gasteiger partial charge is 0.347 e. The van der Waals surface area contributed by atoms with Crippen LogP contribution in [0.2, 0.25) is 0 Å². The third kappa shape index (κ3) is 2.75. The number of nitrogens with two attached hydrogens (primary N) is 1. The second-order valence-electron chi connectivity index (χ2n) is 4.12. The number of benzene rings is 1. The topological polar surface area (TPSA) is 75.0 Å². The Hall–Kier alpha value is -2.14. The second-order valence-corrected chi connectivity index (χ2v) is 4.12. The first kappa shape index (κ1) is 12.3. The fraction of sp³-hybridized carbons (Fsp3) is 0.231. The monoisotopic (exact) mass is 244 g/mol. The first-order valence-corrected chi connectivity index (χ1v) is 5.72. The summed E-state index contributed by atoms with van der Waals surface area (Å²) in [4.78, 5) is 20.7. The Kier molecular flexibility index (Phi) is 3.74. The van der Waals surface area contributed by atoms with Crippen LogP contribution in [-0.4, -0.2) is 27.8 Å². The highest BCUT2D eigenvalue weighted by Crippen LogP contribution is 2.12. The van der Waals surface area contributed by atoms with Crippen LogP contribution in [-0.2, 0) is 11.3 Å². The van der Waals surface area contributed by atoms with E-state index in [0.29, 0.717) is 6.54 Å². The summed E-state index contributed by atoms with van der Waals surface area (Å²) in [5.74, 6) is 0.615. The number of nitrogens with one attached hydrogen (secondary N) is 1. The number of carbonyl (C=O) groups is 1. The molecule has 2 aromatic rings. The molecule has 2 rings (SSSR count). The Morgan fingerprint density at radius 3 is 2.78 bits per heavy atom. The van der Waals surface area contributed by atoms with Crippen LogP contribution in [0.25, 0.3) is 0 Å². The molecule has 0 radical (unpaired) electrons. The summed E-state index contributed by atoms with van der Waals surface area (Å²) < 4.78 is 0. The summed E-state index contributed by atoms with van der Waals surface area (Å²) in [6, 6.07) is 8.70. The number of amides is 1. The summed E-state index contributed by atoms with van der Waals surface area (Å²) in [6.07, 6.45) is 3.38. The predicted octanol–water partition coefficient (Wildman–Crippen LogP) is 1.07. The molecule has 5 nitrogen and oxygen atoms in total. The predicted molar refractivity (Wildman–Crippen MR) is 68.4 cm³/mol. The lowest BCUT2D eigenvalue weighted by molar-refractivity contribution is -0.132. The number of likely N-dealkylation sites (N-methyl/N-ethyl adjacent to an activating group) is 1. The molecule has 3 N–H and O–H groups in total. The smallest absolute Gasteiger partial charge is 0.244 e. The molecule has 0 aliphatic heterocycles. The molecule has 0 aliphatic rings. The molecule has 1 heterocycles. The molecule has 0 bridgehead atoms. The molecule has 18 heavy (non-hydrogen) atoms. The average molecular weight is 244 g/mol. The number of imidazole rings is 1. The maximum atomic E-state index is 12.1. The van der Waals surface area contributed by atoms with Crippen molar-refractivity contribution in [3.8, 4) is 0 Å². The minimum atomic E-state index is -0.633. The van der Waals surface area contributed by atoms with Crippen LogP contribution in [0.3, 0.4) is 0 Å². The Morgan fingerprint density at radius 2 is 2.17 bits per heavy atom.